The van der Waals surface area contributed by atoms with Gasteiger partial charge in [-0.1, -0.05) is 6.92 Å². The van der Waals surface area contributed by atoms with E-state index in [0.717, 1.165) is 50.7 Å². The molecule has 1 saturated heterocycles. The van der Waals surface area contributed by atoms with E-state index in [0.29, 0.717) is 12.1 Å². The van der Waals surface area contributed by atoms with Crippen molar-refractivity contribution in [3.63, 3.8) is 0 Å². The Morgan fingerprint density at radius 3 is 3.14 bits per heavy atom. The van der Waals surface area contributed by atoms with Crippen molar-refractivity contribution in [3.8, 4) is 0 Å². The van der Waals surface area contributed by atoms with Gasteiger partial charge in [-0.3, -0.25) is 4.90 Å². The summed E-state index contributed by atoms with van der Waals surface area (Å²) >= 11 is 0. The Morgan fingerprint density at radius 2 is 2.29 bits per heavy atom. The maximum atomic E-state index is 6.07. The molecule has 0 amide bonds. The summed E-state index contributed by atoms with van der Waals surface area (Å²) in [5, 5.41) is 3.42. The van der Waals surface area contributed by atoms with Gasteiger partial charge in [-0.15, -0.1) is 0 Å². The van der Waals surface area contributed by atoms with Crippen molar-refractivity contribution < 1.29 is 9.15 Å². The molecule has 0 spiro atoms. The van der Waals surface area contributed by atoms with Crippen LogP contribution in [0.15, 0.2) is 10.5 Å². The molecule has 0 bridgehead atoms. The maximum Gasteiger partial charge on any atom is 0.120 e. The highest BCUT2D eigenvalue weighted by molar-refractivity contribution is 5.20. The Labute approximate surface area is 127 Å². The molecule has 0 aromatic carbocycles. The number of nitrogens with zero attached hydrogens (tertiary/aromatic N) is 1. The van der Waals surface area contributed by atoms with Crippen LogP contribution in [0.25, 0.3) is 0 Å². The molecular formula is C17H28N2O2. The highest BCUT2D eigenvalue weighted by atomic mass is 16.5. The number of hydrogen-bond donors (Lipinski definition) is 1. The van der Waals surface area contributed by atoms with Gasteiger partial charge in [-0.05, 0) is 50.8 Å². The molecule has 1 aliphatic carbocycles. The fourth-order valence-corrected chi connectivity index (χ4v) is 3.62. The zero-order valence-corrected chi connectivity index (χ0v) is 13.4. The number of furan rings is 1. The Hall–Kier alpha value is -0.840. The standard InChI is InChI=1S/C17H28N2O2/c1-3-7-18-11-17-13(2)10-14(21-17)12-19-8-9-20-16-6-4-5-15(16)19/h10,15-16,18H,3-9,11-12H2,1-2H3. The third kappa shape index (κ3) is 3.50. The van der Waals surface area contributed by atoms with Crippen LogP contribution < -0.4 is 5.32 Å². The summed E-state index contributed by atoms with van der Waals surface area (Å²) in [7, 11) is 0. The number of fused-ring (bicyclic) bond motifs is 1. The van der Waals surface area contributed by atoms with Gasteiger partial charge in [-0.25, -0.2) is 0 Å². The van der Waals surface area contributed by atoms with E-state index in [1.807, 2.05) is 0 Å². The first-order valence-electron chi connectivity index (χ1n) is 8.42. The molecule has 21 heavy (non-hydrogen) atoms. The molecule has 1 aliphatic heterocycles. The maximum absolute atomic E-state index is 6.07. The Bertz CT molecular complexity index is 458. The molecule has 3 rings (SSSR count). The predicted molar refractivity (Wildman–Crippen MR) is 83.2 cm³/mol. The summed E-state index contributed by atoms with van der Waals surface area (Å²) in [6.07, 6.45) is 5.42. The first-order chi connectivity index (χ1) is 10.3. The fraction of sp³-hybridized carbons (Fsp3) is 0.765. The van der Waals surface area contributed by atoms with Crippen LogP contribution in [0.2, 0.25) is 0 Å². The molecule has 1 aromatic rings. The zero-order valence-electron chi connectivity index (χ0n) is 13.4. The number of hydrogen-bond acceptors (Lipinski definition) is 4. The van der Waals surface area contributed by atoms with Crippen molar-refractivity contribution in [2.24, 2.45) is 0 Å². The molecule has 118 valence electrons. The lowest BCUT2D eigenvalue weighted by molar-refractivity contribution is -0.0607. The number of rotatable bonds is 6. The minimum Gasteiger partial charge on any atom is -0.463 e. The summed E-state index contributed by atoms with van der Waals surface area (Å²) < 4.78 is 11.9. The summed E-state index contributed by atoms with van der Waals surface area (Å²) in [6, 6.07) is 2.81. The third-order valence-electron chi connectivity index (χ3n) is 4.74. The van der Waals surface area contributed by atoms with Gasteiger partial charge >= 0.3 is 0 Å². The Kier molecular flexibility index (Phi) is 4.99. The first kappa shape index (κ1) is 15.1. The molecule has 1 N–H and O–H groups in total. The SMILES string of the molecule is CCCNCc1oc(CN2CCOC3CCCC32)cc1C. The number of nitrogens with one attached hydrogen (secondary N) is 1. The lowest BCUT2D eigenvalue weighted by atomic mass is 10.1. The van der Waals surface area contributed by atoms with Crippen LogP contribution in [-0.2, 0) is 17.8 Å². The summed E-state index contributed by atoms with van der Waals surface area (Å²) in [5.41, 5.74) is 1.27. The minimum atomic E-state index is 0.459. The molecular weight excluding hydrogens is 264 g/mol. The smallest absolute Gasteiger partial charge is 0.120 e. The molecule has 2 heterocycles. The van der Waals surface area contributed by atoms with E-state index in [-0.39, 0.29) is 0 Å². The minimum absolute atomic E-state index is 0.459. The van der Waals surface area contributed by atoms with Gasteiger partial charge < -0.3 is 14.5 Å². The second kappa shape index (κ2) is 6.95. The van der Waals surface area contributed by atoms with E-state index in [1.54, 1.807) is 0 Å². The van der Waals surface area contributed by atoms with Gasteiger partial charge in [-0.2, -0.15) is 0 Å². The molecule has 2 atom stereocenters. The van der Waals surface area contributed by atoms with Gasteiger partial charge in [0.1, 0.15) is 11.5 Å². The number of aryl methyl sites for hydroxylation is 1. The van der Waals surface area contributed by atoms with Crippen molar-refractivity contribution in [2.45, 2.75) is 64.8 Å². The van der Waals surface area contributed by atoms with Crippen LogP contribution >= 0.6 is 0 Å². The monoisotopic (exact) mass is 292 g/mol. The van der Waals surface area contributed by atoms with Crippen LogP contribution in [0.5, 0.6) is 0 Å². The topological polar surface area (TPSA) is 37.6 Å². The Morgan fingerprint density at radius 1 is 1.38 bits per heavy atom. The highest BCUT2D eigenvalue weighted by Crippen LogP contribution is 2.31. The van der Waals surface area contributed by atoms with Crippen molar-refractivity contribution in [1.82, 2.24) is 10.2 Å². The average molecular weight is 292 g/mol. The third-order valence-corrected chi connectivity index (χ3v) is 4.74. The van der Waals surface area contributed by atoms with E-state index in [1.165, 1.54) is 24.8 Å². The second-order valence-electron chi connectivity index (χ2n) is 6.37. The molecule has 0 radical (unpaired) electrons. The van der Waals surface area contributed by atoms with Gasteiger partial charge in [0, 0.05) is 12.6 Å². The van der Waals surface area contributed by atoms with E-state index in [2.05, 4.69) is 30.1 Å². The van der Waals surface area contributed by atoms with Gasteiger partial charge in [0.15, 0.2) is 0 Å². The predicted octanol–water partition coefficient (Wildman–Crippen LogP) is 2.84. The van der Waals surface area contributed by atoms with Gasteiger partial charge in [0.05, 0.1) is 25.8 Å². The first-order valence-corrected chi connectivity index (χ1v) is 8.42. The van der Waals surface area contributed by atoms with Crippen molar-refractivity contribution >= 4 is 0 Å². The fourth-order valence-electron chi connectivity index (χ4n) is 3.62. The lowest BCUT2D eigenvalue weighted by Gasteiger charge is -2.37. The normalized spacial score (nSPS) is 26.2. The number of ether oxygens (including phenoxy) is 1. The zero-order chi connectivity index (χ0) is 14.7. The molecule has 4 heteroatoms. The molecule has 1 aromatic heterocycles. The van der Waals surface area contributed by atoms with Crippen molar-refractivity contribution in [2.75, 3.05) is 19.7 Å². The average Bonchev–Trinajstić information content (AvgIpc) is 3.07. The quantitative estimate of drug-likeness (QED) is 0.818. The van der Waals surface area contributed by atoms with E-state index in [9.17, 15) is 0 Å². The van der Waals surface area contributed by atoms with Crippen LogP contribution in [-0.4, -0.2) is 36.7 Å². The van der Waals surface area contributed by atoms with Crippen molar-refractivity contribution in [3.05, 3.63) is 23.2 Å². The van der Waals surface area contributed by atoms with E-state index in [4.69, 9.17) is 9.15 Å². The van der Waals surface area contributed by atoms with E-state index < -0.39 is 0 Å². The second-order valence-corrected chi connectivity index (χ2v) is 6.37. The van der Waals surface area contributed by atoms with Gasteiger partial charge in [0.25, 0.3) is 0 Å². The van der Waals surface area contributed by atoms with Gasteiger partial charge in [0.2, 0.25) is 0 Å². The number of morpholine rings is 1. The highest BCUT2D eigenvalue weighted by Gasteiger charge is 2.36. The molecule has 4 nitrogen and oxygen atoms in total. The van der Waals surface area contributed by atoms with Crippen LogP contribution in [0, 0.1) is 6.92 Å². The molecule has 1 saturated carbocycles. The largest absolute Gasteiger partial charge is 0.463 e. The summed E-state index contributed by atoms with van der Waals surface area (Å²) in [4.78, 5) is 2.56. The Balaban J connectivity index is 1.60. The van der Waals surface area contributed by atoms with Crippen LogP contribution in [0.3, 0.4) is 0 Å². The summed E-state index contributed by atoms with van der Waals surface area (Å²) in [6.45, 7) is 9.05. The molecule has 2 aliphatic rings. The van der Waals surface area contributed by atoms with Crippen molar-refractivity contribution in [1.29, 1.82) is 0 Å². The van der Waals surface area contributed by atoms with E-state index >= 15 is 0 Å². The molecule has 2 unspecified atom stereocenters. The van der Waals surface area contributed by atoms with Crippen LogP contribution in [0.1, 0.15) is 49.7 Å². The lowest BCUT2D eigenvalue weighted by Crippen LogP contribution is -2.47. The summed E-state index contributed by atoms with van der Waals surface area (Å²) in [5.74, 6) is 2.20. The van der Waals surface area contributed by atoms with Crippen LogP contribution in [0.4, 0.5) is 0 Å². The molecule has 2 fully saturated rings.